The van der Waals surface area contributed by atoms with Gasteiger partial charge in [0, 0.05) is 28.7 Å². The number of thiophene rings is 1. The predicted molar refractivity (Wildman–Crippen MR) is 101 cm³/mol. The summed E-state index contributed by atoms with van der Waals surface area (Å²) >= 11 is 7.66. The summed E-state index contributed by atoms with van der Waals surface area (Å²) in [6.07, 6.45) is 3.13. The Morgan fingerprint density at radius 1 is 1.35 bits per heavy atom. The molecule has 0 fully saturated rings. The molecule has 26 heavy (non-hydrogen) atoms. The molecule has 1 amide bonds. The van der Waals surface area contributed by atoms with E-state index in [2.05, 4.69) is 20.4 Å². The summed E-state index contributed by atoms with van der Waals surface area (Å²) < 4.78 is 5.15. The van der Waals surface area contributed by atoms with Crippen LogP contribution in [0.2, 0.25) is 5.02 Å². The fourth-order valence-electron chi connectivity index (χ4n) is 2.73. The van der Waals surface area contributed by atoms with Crippen molar-refractivity contribution in [3.05, 3.63) is 69.1 Å². The van der Waals surface area contributed by atoms with Crippen molar-refractivity contribution in [2.24, 2.45) is 0 Å². The van der Waals surface area contributed by atoms with Gasteiger partial charge in [0.2, 0.25) is 5.89 Å². The Bertz CT molecular complexity index is 1040. The van der Waals surface area contributed by atoms with Gasteiger partial charge in [-0.25, -0.2) is 0 Å². The van der Waals surface area contributed by atoms with Crippen LogP contribution in [-0.2, 0) is 12.8 Å². The second-order valence-electron chi connectivity index (χ2n) is 5.83. The van der Waals surface area contributed by atoms with E-state index < -0.39 is 0 Å². The normalized spacial score (nSPS) is 11.1. The molecule has 0 radical (unpaired) electrons. The van der Waals surface area contributed by atoms with E-state index in [9.17, 15) is 4.79 Å². The molecule has 0 atom stereocenters. The van der Waals surface area contributed by atoms with E-state index in [1.807, 2.05) is 41.2 Å². The highest BCUT2D eigenvalue weighted by atomic mass is 35.5. The maximum atomic E-state index is 12.2. The predicted octanol–water partition coefficient (Wildman–Crippen LogP) is 3.83. The number of fused-ring (bicyclic) bond motifs is 1. The number of benzene rings is 1. The fraction of sp³-hybridized carbons (Fsp3) is 0.167. The van der Waals surface area contributed by atoms with Gasteiger partial charge in [-0.05, 0) is 52.6 Å². The number of aromatic nitrogens is 3. The largest absolute Gasteiger partial charge is 0.361 e. The molecule has 4 aromatic rings. The first-order valence-corrected chi connectivity index (χ1v) is 9.38. The van der Waals surface area contributed by atoms with Crippen molar-refractivity contribution in [2.75, 3.05) is 6.54 Å². The number of carbonyl (C=O) groups is 1. The average Bonchev–Trinajstić information content (AvgIpc) is 3.37. The number of rotatable bonds is 6. The van der Waals surface area contributed by atoms with Gasteiger partial charge in [-0.15, -0.1) is 0 Å². The van der Waals surface area contributed by atoms with Gasteiger partial charge in [0.25, 0.3) is 11.7 Å². The van der Waals surface area contributed by atoms with Crippen LogP contribution in [0.15, 0.2) is 45.7 Å². The van der Waals surface area contributed by atoms with Crippen molar-refractivity contribution in [1.29, 1.82) is 0 Å². The van der Waals surface area contributed by atoms with Crippen LogP contribution in [0.25, 0.3) is 10.9 Å². The molecule has 1 aromatic carbocycles. The lowest BCUT2D eigenvalue weighted by molar-refractivity contribution is 0.0941. The second-order valence-corrected chi connectivity index (χ2v) is 7.05. The highest BCUT2D eigenvalue weighted by Gasteiger charge is 2.15. The van der Waals surface area contributed by atoms with Gasteiger partial charge >= 0.3 is 0 Å². The number of amides is 1. The minimum Gasteiger partial charge on any atom is -0.361 e. The molecule has 0 aliphatic rings. The van der Waals surface area contributed by atoms with Crippen LogP contribution < -0.4 is 5.32 Å². The van der Waals surface area contributed by atoms with E-state index in [1.54, 1.807) is 11.3 Å². The molecule has 0 aliphatic carbocycles. The molecule has 6 nitrogen and oxygen atoms in total. The highest BCUT2D eigenvalue weighted by Crippen LogP contribution is 2.22. The zero-order chi connectivity index (χ0) is 17.9. The van der Waals surface area contributed by atoms with E-state index in [4.69, 9.17) is 16.1 Å². The maximum absolute atomic E-state index is 12.2. The Labute approximate surface area is 158 Å². The van der Waals surface area contributed by atoms with Gasteiger partial charge in [-0.1, -0.05) is 16.8 Å². The summed E-state index contributed by atoms with van der Waals surface area (Å²) in [7, 11) is 0. The Morgan fingerprint density at radius 2 is 2.27 bits per heavy atom. The summed E-state index contributed by atoms with van der Waals surface area (Å²) in [5, 5.41) is 12.3. The Kier molecular flexibility index (Phi) is 4.73. The van der Waals surface area contributed by atoms with Crippen molar-refractivity contribution in [3.8, 4) is 0 Å². The molecule has 0 aliphatic heterocycles. The number of hydrogen-bond donors (Lipinski definition) is 2. The van der Waals surface area contributed by atoms with Crippen molar-refractivity contribution in [3.63, 3.8) is 0 Å². The number of nitrogens with zero attached hydrogens (tertiary/aromatic N) is 2. The van der Waals surface area contributed by atoms with Crippen molar-refractivity contribution in [2.45, 2.75) is 12.8 Å². The fourth-order valence-corrected chi connectivity index (χ4v) is 3.57. The molecule has 0 saturated heterocycles. The third-order valence-electron chi connectivity index (χ3n) is 4.02. The van der Waals surface area contributed by atoms with Crippen LogP contribution in [-0.4, -0.2) is 27.6 Å². The minimum atomic E-state index is -0.344. The zero-order valence-electron chi connectivity index (χ0n) is 13.7. The number of aromatic amines is 1. The summed E-state index contributed by atoms with van der Waals surface area (Å²) in [6.45, 7) is 0.465. The van der Waals surface area contributed by atoms with Crippen LogP contribution in [0.4, 0.5) is 0 Å². The molecule has 0 spiro atoms. The molecule has 4 rings (SSSR count). The molecule has 0 bridgehead atoms. The van der Waals surface area contributed by atoms with Crippen LogP contribution in [0.3, 0.4) is 0 Å². The number of carbonyl (C=O) groups excluding carboxylic acids is 1. The highest BCUT2D eigenvalue weighted by molar-refractivity contribution is 7.07. The topological polar surface area (TPSA) is 83.8 Å². The van der Waals surface area contributed by atoms with E-state index in [-0.39, 0.29) is 11.7 Å². The van der Waals surface area contributed by atoms with E-state index in [0.717, 1.165) is 22.0 Å². The zero-order valence-corrected chi connectivity index (χ0v) is 15.2. The smallest absolute Gasteiger partial charge is 0.292 e. The van der Waals surface area contributed by atoms with Gasteiger partial charge in [0.1, 0.15) is 0 Å². The Morgan fingerprint density at radius 3 is 3.12 bits per heavy atom. The van der Waals surface area contributed by atoms with Crippen LogP contribution in [0, 0.1) is 0 Å². The molecule has 0 saturated carbocycles. The SMILES string of the molecule is O=C(NCCc1c[nH]c2ccc(Cl)cc12)c1noc(Cc2ccsc2)n1. The third kappa shape index (κ3) is 3.63. The maximum Gasteiger partial charge on any atom is 0.292 e. The van der Waals surface area contributed by atoms with E-state index >= 15 is 0 Å². The van der Waals surface area contributed by atoms with E-state index in [1.165, 1.54) is 0 Å². The first-order valence-electron chi connectivity index (χ1n) is 8.06. The molecule has 8 heteroatoms. The molecule has 0 unspecified atom stereocenters. The van der Waals surface area contributed by atoms with Crippen LogP contribution >= 0.6 is 22.9 Å². The second kappa shape index (κ2) is 7.31. The molecular formula is C18H15ClN4O2S. The van der Waals surface area contributed by atoms with Gasteiger partial charge in [-0.2, -0.15) is 16.3 Å². The van der Waals surface area contributed by atoms with Crippen molar-refractivity contribution >= 4 is 39.7 Å². The van der Waals surface area contributed by atoms with Gasteiger partial charge < -0.3 is 14.8 Å². The lowest BCUT2D eigenvalue weighted by Gasteiger charge is -2.02. The minimum absolute atomic E-state index is 0.0530. The first-order chi connectivity index (χ1) is 12.7. The average molecular weight is 387 g/mol. The van der Waals surface area contributed by atoms with Crippen molar-refractivity contribution in [1.82, 2.24) is 20.4 Å². The van der Waals surface area contributed by atoms with Crippen LogP contribution in [0.5, 0.6) is 0 Å². The Hall–Kier alpha value is -2.64. The summed E-state index contributed by atoms with van der Waals surface area (Å²) in [5.74, 6) is 0.139. The number of nitrogens with one attached hydrogen (secondary N) is 2. The summed E-state index contributed by atoms with van der Waals surface area (Å²) in [4.78, 5) is 19.5. The lowest BCUT2D eigenvalue weighted by Crippen LogP contribution is -2.26. The molecule has 132 valence electrons. The van der Waals surface area contributed by atoms with Gasteiger partial charge in [-0.3, -0.25) is 4.79 Å². The van der Waals surface area contributed by atoms with Gasteiger partial charge in [0.15, 0.2) is 0 Å². The summed E-state index contributed by atoms with van der Waals surface area (Å²) in [5.41, 5.74) is 3.20. The van der Waals surface area contributed by atoms with Gasteiger partial charge in [0.05, 0.1) is 6.42 Å². The first kappa shape index (κ1) is 16.8. The quantitative estimate of drug-likeness (QED) is 0.527. The molecular weight excluding hydrogens is 372 g/mol. The summed E-state index contributed by atoms with van der Waals surface area (Å²) in [6, 6.07) is 7.69. The van der Waals surface area contributed by atoms with E-state index in [0.29, 0.717) is 30.3 Å². The molecule has 3 heterocycles. The lowest BCUT2D eigenvalue weighted by atomic mass is 10.1. The Balaban J connectivity index is 1.35. The number of hydrogen-bond acceptors (Lipinski definition) is 5. The van der Waals surface area contributed by atoms with Crippen molar-refractivity contribution < 1.29 is 9.32 Å². The number of H-pyrrole nitrogens is 1. The van der Waals surface area contributed by atoms with Crippen LogP contribution in [0.1, 0.15) is 27.6 Å². The standard InChI is InChI=1S/C18H15ClN4O2S/c19-13-1-2-15-14(8-13)12(9-21-15)3-5-20-18(24)17-22-16(25-23-17)7-11-4-6-26-10-11/h1-2,4,6,8-10,21H,3,5,7H2,(H,20,24). The molecule has 2 N–H and O–H groups in total. The monoisotopic (exact) mass is 386 g/mol. The number of halogens is 1. The third-order valence-corrected chi connectivity index (χ3v) is 4.98. The molecule has 3 aromatic heterocycles.